The standard InChI is InChI=1S/C25H25N3O2/c1-30-21-12-8-19(9-13-21)10-15-25(29)28-17-5-4-16-27(28)24-14-11-20(18-26)22-6-2-3-7-23(22)24/h2-3,6-9,11-14H,4-5,10,15-17H2,1H3. The Hall–Kier alpha value is -3.52. The number of rotatable bonds is 5. The van der Waals surface area contributed by atoms with Crippen molar-refractivity contribution in [3.8, 4) is 11.8 Å². The number of fused-ring (bicyclic) bond motifs is 1. The van der Waals surface area contributed by atoms with Crippen LogP contribution in [0.25, 0.3) is 10.8 Å². The van der Waals surface area contributed by atoms with E-state index in [1.54, 1.807) is 7.11 Å². The quantitative estimate of drug-likeness (QED) is 0.624. The first kappa shape index (κ1) is 19.8. The third-order valence-electron chi connectivity index (χ3n) is 5.66. The van der Waals surface area contributed by atoms with Crippen molar-refractivity contribution in [2.75, 3.05) is 25.2 Å². The number of anilines is 1. The van der Waals surface area contributed by atoms with Crippen LogP contribution in [0.15, 0.2) is 60.7 Å². The predicted molar refractivity (Wildman–Crippen MR) is 118 cm³/mol. The highest BCUT2D eigenvalue weighted by Crippen LogP contribution is 2.32. The van der Waals surface area contributed by atoms with Crippen LogP contribution in [-0.2, 0) is 11.2 Å². The Kier molecular flexibility index (Phi) is 5.85. The Morgan fingerprint density at radius 1 is 1.00 bits per heavy atom. The van der Waals surface area contributed by atoms with Crippen LogP contribution in [0, 0.1) is 11.3 Å². The van der Waals surface area contributed by atoms with E-state index in [0.717, 1.165) is 53.7 Å². The van der Waals surface area contributed by atoms with E-state index in [-0.39, 0.29) is 5.91 Å². The summed E-state index contributed by atoms with van der Waals surface area (Å²) in [6, 6.07) is 21.9. The van der Waals surface area contributed by atoms with Crippen molar-refractivity contribution in [1.29, 1.82) is 5.26 Å². The zero-order valence-electron chi connectivity index (χ0n) is 17.2. The largest absolute Gasteiger partial charge is 0.497 e. The Morgan fingerprint density at radius 3 is 2.47 bits per heavy atom. The molecule has 3 aromatic carbocycles. The molecule has 0 radical (unpaired) electrons. The van der Waals surface area contributed by atoms with Crippen LogP contribution in [0.3, 0.4) is 0 Å². The first-order valence-corrected chi connectivity index (χ1v) is 10.3. The van der Waals surface area contributed by atoms with E-state index in [9.17, 15) is 10.1 Å². The van der Waals surface area contributed by atoms with Gasteiger partial charge < -0.3 is 4.74 Å². The molecule has 4 rings (SSSR count). The molecule has 0 unspecified atom stereocenters. The number of hydrogen-bond donors (Lipinski definition) is 0. The fourth-order valence-electron chi connectivity index (χ4n) is 4.05. The molecule has 0 aromatic heterocycles. The number of methoxy groups -OCH3 is 1. The zero-order valence-corrected chi connectivity index (χ0v) is 17.2. The molecule has 1 amide bonds. The van der Waals surface area contributed by atoms with Gasteiger partial charge in [0.05, 0.1) is 24.4 Å². The summed E-state index contributed by atoms with van der Waals surface area (Å²) in [4.78, 5) is 13.1. The molecule has 152 valence electrons. The molecule has 0 spiro atoms. The molecule has 1 aliphatic heterocycles. The minimum Gasteiger partial charge on any atom is -0.497 e. The number of ether oxygens (including phenoxy) is 1. The number of aryl methyl sites for hydroxylation is 1. The number of nitriles is 1. The van der Waals surface area contributed by atoms with E-state index in [1.807, 2.05) is 65.7 Å². The van der Waals surface area contributed by atoms with Gasteiger partial charge in [0.15, 0.2) is 0 Å². The maximum absolute atomic E-state index is 13.1. The second kappa shape index (κ2) is 8.87. The zero-order chi connectivity index (χ0) is 20.9. The SMILES string of the molecule is COc1ccc(CCC(=O)N2CCCCN2c2ccc(C#N)c3ccccc23)cc1. The summed E-state index contributed by atoms with van der Waals surface area (Å²) in [6.45, 7) is 1.51. The topological polar surface area (TPSA) is 56.6 Å². The number of benzene rings is 3. The summed E-state index contributed by atoms with van der Waals surface area (Å²) in [6.07, 6.45) is 3.19. The molecule has 0 saturated carbocycles. The highest BCUT2D eigenvalue weighted by molar-refractivity contribution is 5.98. The molecule has 0 atom stereocenters. The van der Waals surface area contributed by atoms with Gasteiger partial charge in [-0.3, -0.25) is 14.8 Å². The van der Waals surface area contributed by atoms with Gasteiger partial charge in [-0.2, -0.15) is 5.26 Å². The fourth-order valence-corrected chi connectivity index (χ4v) is 4.05. The van der Waals surface area contributed by atoms with Gasteiger partial charge in [0.1, 0.15) is 5.75 Å². The minimum atomic E-state index is 0.124. The number of hydrazine groups is 1. The van der Waals surface area contributed by atoms with Crippen LogP contribution in [0.4, 0.5) is 5.69 Å². The molecule has 5 nitrogen and oxygen atoms in total. The summed E-state index contributed by atoms with van der Waals surface area (Å²) < 4.78 is 5.20. The molecule has 0 bridgehead atoms. The molecule has 1 fully saturated rings. The molecular formula is C25H25N3O2. The van der Waals surface area contributed by atoms with Crippen molar-refractivity contribution in [2.24, 2.45) is 0 Å². The Bertz CT molecular complexity index is 1090. The predicted octanol–water partition coefficient (Wildman–Crippen LogP) is 4.70. The van der Waals surface area contributed by atoms with Crippen LogP contribution >= 0.6 is 0 Å². The lowest BCUT2D eigenvalue weighted by Crippen LogP contribution is -2.50. The maximum Gasteiger partial charge on any atom is 0.241 e. The lowest BCUT2D eigenvalue weighted by molar-refractivity contribution is -0.132. The first-order chi connectivity index (χ1) is 14.7. The van der Waals surface area contributed by atoms with Gasteiger partial charge in [-0.15, -0.1) is 0 Å². The van der Waals surface area contributed by atoms with Gasteiger partial charge in [-0.05, 0) is 49.1 Å². The van der Waals surface area contributed by atoms with E-state index in [2.05, 4.69) is 11.1 Å². The number of hydrogen-bond acceptors (Lipinski definition) is 4. The highest BCUT2D eigenvalue weighted by atomic mass is 16.5. The van der Waals surface area contributed by atoms with Crippen molar-refractivity contribution in [3.63, 3.8) is 0 Å². The van der Waals surface area contributed by atoms with Crippen molar-refractivity contribution >= 4 is 22.4 Å². The van der Waals surface area contributed by atoms with E-state index >= 15 is 0 Å². The fraction of sp³-hybridized carbons (Fsp3) is 0.280. The number of amides is 1. The summed E-state index contributed by atoms with van der Waals surface area (Å²) in [5.74, 6) is 0.943. The van der Waals surface area contributed by atoms with Crippen LogP contribution in [-0.4, -0.2) is 31.1 Å². The Labute approximate surface area is 177 Å². The molecule has 1 aliphatic rings. The molecule has 0 aliphatic carbocycles. The minimum absolute atomic E-state index is 0.124. The van der Waals surface area contributed by atoms with Crippen molar-refractivity contribution in [1.82, 2.24) is 5.01 Å². The molecule has 5 heteroatoms. The summed E-state index contributed by atoms with van der Waals surface area (Å²) in [5, 5.41) is 15.4. The van der Waals surface area contributed by atoms with E-state index < -0.39 is 0 Å². The molecule has 1 heterocycles. The van der Waals surface area contributed by atoms with Crippen LogP contribution in [0.1, 0.15) is 30.4 Å². The molecule has 30 heavy (non-hydrogen) atoms. The van der Waals surface area contributed by atoms with Crippen LogP contribution in [0.5, 0.6) is 5.75 Å². The van der Waals surface area contributed by atoms with Crippen LogP contribution < -0.4 is 9.75 Å². The van der Waals surface area contributed by atoms with Gasteiger partial charge >= 0.3 is 0 Å². The third-order valence-corrected chi connectivity index (χ3v) is 5.66. The highest BCUT2D eigenvalue weighted by Gasteiger charge is 2.26. The second-order valence-electron chi connectivity index (χ2n) is 7.48. The van der Waals surface area contributed by atoms with Gasteiger partial charge in [0.25, 0.3) is 0 Å². The number of nitrogens with zero attached hydrogens (tertiary/aromatic N) is 3. The molecule has 3 aromatic rings. The molecule has 1 saturated heterocycles. The van der Waals surface area contributed by atoms with Gasteiger partial charge in [0, 0.05) is 30.3 Å². The van der Waals surface area contributed by atoms with E-state index in [1.165, 1.54) is 0 Å². The van der Waals surface area contributed by atoms with E-state index in [0.29, 0.717) is 18.4 Å². The van der Waals surface area contributed by atoms with E-state index in [4.69, 9.17) is 4.74 Å². The summed E-state index contributed by atoms with van der Waals surface area (Å²) in [5.41, 5.74) is 2.77. The number of carbonyl (C=O) groups is 1. The Balaban J connectivity index is 1.56. The lowest BCUT2D eigenvalue weighted by Gasteiger charge is -2.41. The smallest absolute Gasteiger partial charge is 0.241 e. The number of carbonyl (C=O) groups excluding carboxylic acids is 1. The van der Waals surface area contributed by atoms with Gasteiger partial charge in [-0.1, -0.05) is 36.4 Å². The average Bonchev–Trinajstić information content (AvgIpc) is 2.82. The average molecular weight is 399 g/mol. The summed E-state index contributed by atoms with van der Waals surface area (Å²) >= 11 is 0. The second-order valence-corrected chi connectivity index (χ2v) is 7.48. The van der Waals surface area contributed by atoms with Gasteiger partial charge in [0.2, 0.25) is 5.91 Å². The monoisotopic (exact) mass is 399 g/mol. The van der Waals surface area contributed by atoms with Crippen molar-refractivity contribution in [2.45, 2.75) is 25.7 Å². The normalized spacial score (nSPS) is 13.9. The summed E-state index contributed by atoms with van der Waals surface area (Å²) in [7, 11) is 1.65. The Morgan fingerprint density at radius 2 is 1.73 bits per heavy atom. The van der Waals surface area contributed by atoms with Crippen LogP contribution in [0.2, 0.25) is 0 Å². The van der Waals surface area contributed by atoms with Crippen molar-refractivity contribution < 1.29 is 9.53 Å². The molecule has 0 N–H and O–H groups in total. The molecular weight excluding hydrogens is 374 g/mol. The first-order valence-electron chi connectivity index (χ1n) is 10.3. The maximum atomic E-state index is 13.1. The van der Waals surface area contributed by atoms with Crippen molar-refractivity contribution in [3.05, 3.63) is 71.8 Å². The van der Waals surface area contributed by atoms with Gasteiger partial charge in [-0.25, -0.2) is 0 Å². The third kappa shape index (κ3) is 3.95. The lowest BCUT2D eigenvalue weighted by atomic mass is 10.0.